The summed E-state index contributed by atoms with van der Waals surface area (Å²) >= 11 is 0. The largest absolute Gasteiger partial charge is 0.504 e. The Balaban J connectivity index is 1.41. The molecule has 7 heteroatoms. The van der Waals surface area contributed by atoms with E-state index in [2.05, 4.69) is 0 Å². The number of epoxide rings is 1. The number of phenols is 1. The molecule has 2 atom stereocenters. The molecule has 1 N–H and O–H groups in total. The van der Waals surface area contributed by atoms with Crippen LogP contribution in [0.25, 0.3) is 0 Å². The van der Waals surface area contributed by atoms with E-state index in [1.54, 1.807) is 7.11 Å². The second-order valence-corrected chi connectivity index (χ2v) is 5.68. The Bertz CT molecular complexity index is 757. The van der Waals surface area contributed by atoms with Crippen LogP contribution in [-0.4, -0.2) is 50.7 Å². The number of hydrogen-bond acceptors (Lipinski definition) is 7. The van der Waals surface area contributed by atoms with Gasteiger partial charge in [0, 0.05) is 0 Å². The average Bonchev–Trinajstić information content (AvgIpc) is 3.43. The van der Waals surface area contributed by atoms with Crippen molar-refractivity contribution < 1.29 is 33.6 Å². The van der Waals surface area contributed by atoms with Crippen molar-refractivity contribution in [1.82, 2.24) is 0 Å². The summed E-state index contributed by atoms with van der Waals surface area (Å²) in [6.07, 6.45) is -0.296. The molecule has 138 valence electrons. The maximum atomic E-state index is 12.0. The van der Waals surface area contributed by atoms with Gasteiger partial charge in [-0.15, -0.1) is 0 Å². The number of benzene rings is 2. The Kier molecular flexibility index (Phi) is 5.48. The molecule has 7 nitrogen and oxygen atoms in total. The van der Waals surface area contributed by atoms with Crippen molar-refractivity contribution in [2.75, 3.05) is 27.4 Å². The highest BCUT2D eigenvalue weighted by molar-refractivity contribution is 5.90. The van der Waals surface area contributed by atoms with Crippen LogP contribution in [0.4, 0.5) is 0 Å². The summed E-state index contributed by atoms with van der Waals surface area (Å²) in [5.74, 6) is 1.15. The standard InChI is InChI=1S/C19H20O7/c1-22-13-4-6-14(7-5-13)24-10-17-18(26-17)11-25-19(21)12-3-8-15(20)16(9-12)23-2/h3-9,17-18,20H,10-11H2,1-2H3. The van der Waals surface area contributed by atoms with Gasteiger partial charge in [0.1, 0.15) is 36.9 Å². The SMILES string of the molecule is COc1ccc(OCC2OC2COC(=O)c2ccc(O)c(OC)c2)cc1. The maximum absolute atomic E-state index is 12.0. The lowest BCUT2D eigenvalue weighted by molar-refractivity contribution is 0.0476. The van der Waals surface area contributed by atoms with E-state index in [0.717, 1.165) is 5.75 Å². The second kappa shape index (κ2) is 7.97. The first kappa shape index (κ1) is 17.9. The van der Waals surface area contributed by atoms with E-state index in [9.17, 15) is 9.90 Å². The smallest absolute Gasteiger partial charge is 0.338 e. The number of aromatic hydroxyl groups is 1. The maximum Gasteiger partial charge on any atom is 0.338 e. The molecule has 1 aliphatic rings. The summed E-state index contributed by atoms with van der Waals surface area (Å²) in [7, 11) is 3.02. The fraction of sp³-hybridized carbons (Fsp3) is 0.316. The number of carbonyl (C=O) groups excluding carboxylic acids is 1. The van der Waals surface area contributed by atoms with Crippen LogP contribution in [0.1, 0.15) is 10.4 Å². The highest BCUT2D eigenvalue weighted by atomic mass is 16.6. The summed E-state index contributed by atoms with van der Waals surface area (Å²) in [5.41, 5.74) is 0.298. The van der Waals surface area contributed by atoms with Gasteiger partial charge < -0.3 is 28.8 Å². The van der Waals surface area contributed by atoms with Crippen LogP contribution in [0.5, 0.6) is 23.0 Å². The van der Waals surface area contributed by atoms with Crippen LogP contribution >= 0.6 is 0 Å². The molecule has 2 unspecified atom stereocenters. The molecule has 0 aromatic heterocycles. The number of phenolic OH excluding ortho intramolecular Hbond substituents is 1. The molecule has 0 saturated carbocycles. The molecule has 2 aromatic carbocycles. The predicted octanol–water partition coefficient (Wildman–Crippen LogP) is 2.41. The van der Waals surface area contributed by atoms with E-state index in [-0.39, 0.29) is 30.3 Å². The molecule has 26 heavy (non-hydrogen) atoms. The van der Waals surface area contributed by atoms with Gasteiger partial charge in [-0.3, -0.25) is 0 Å². The first-order chi connectivity index (χ1) is 12.6. The van der Waals surface area contributed by atoms with Gasteiger partial charge in [-0.25, -0.2) is 4.79 Å². The Hall–Kier alpha value is -2.93. The number of hydrogen-bond donors (Lipinski definition) is 1. The molecule has 3 rings (SSSR count). The summed E-state index contributed by atoms with van der Waals surface area (Å²) in [6.45, 7) is 0.514. The minimum atomic E-state index is -0.506. The summed E-state index contributed by atoms with van der Waals surface area (Å²) < 4.78 is 26.4. The van der Waals surface area contributed by atoms with Gasteiger partial charge in [-0.05, 0) is 42.5 Å². The monoisotopic (exact) mass is 360 g/mol. The third kappa shape index (κ3) is 4.37. The Morgan fingerprint density at radius 3 is 2.38 bits per heavy atom. The van der Waals surface area contributed by atoms with Gasteiger partial charge in [0.15, 0.2) is 11.5 Å². The fourth-order valence-corrected chi connectivity index (χ4v) is 2.37. The van der Waals surface area contributed by atoms with Gasteiger partial charge in [0.2, 0.25) is 0 Å². The van der Waals surface area contributed by atoms with Gasteiger partial charge in [0.05, 0.1) is 19.8 Å². The van der Waals surface area contributed by atoms with Crippen molar-refractivity contribution in [2.45, 2.75) is 12.2 Å². The Morgan fingerprint density at radius 1 is 1.00 bits per heavy atom. The van der Waals surface area contributed by atoms with Gasteiger partial charge in [-0.2, -0.15) is 0 Å². The van der Waals surface area contributed by atoms with Crippen molar-refractivity contribution in [2.24, 2.45) is 0 Å². The van der Waals surface area contributed by atoms with Crippen LogP contribution in [0, 0.1) is 0 Å². The van der Waals surface area contributed by atoms with Crippen LogP contribution in [0.2, 0.25) is 0 Å². The first-order valence-corrected chi connectivity index (χ1v) is 8.07. The van der Waals surface area contributed by atoms with Crippen LogP contribution in [-0.2, 0) is 9.47 Å². The lowest BCUT2D eigenvalue weighted by Crippen LogP contribution is -2.14. The molecule has 0 radical (unpaired) electrons. The zero-order valence-electron chi connectivity index (χ0n) is 14.5. The minimum absolute atomic E-state index is 0.0367. The molecule has 2 aromatic rings. The third-order valence-electron chi connectivity index (χ3n) is 3.96. The lowest BCUT2D eigenvalue weighted by atomic mass is 10.2. The zero-order valence-corrected chi connectivity index (χ0v) is 14.5. The number of rotatable bonds is 8. The topological polar surface area (TPSA) is 86.8 Å². The summed E-state index contributed by atoms with van der Waals surface area (Å²) in [5, 5.41) is 9.54. The Morgan fingerprint density at radius 2 is 1.69 bits per heavy atom. The molecule has 0 amide bonds. The van der Waals surface area contributed by atoms with E-state index in [4.69, 9.17) is 23.7 Å². The van der Waals surface area contributed by atoms with E-state index in [1.807, 2.05) is 24.3 Å². The van der Waals surface area contributed by atoms with Crippen LogP contribution in [0.15, 0.2) is 42.5 Å². The van der Waals surface area contributed by atoms with Gasteiger partial charge >= 0.3 is 5.97 Å². The zero-order chi connectivity index (χ0) is 18.5. The molecule has 1 saturated heterocycles. The minimum Gasteiger partial charge on any atom is -0.504 e. The van der Waals surface area contributed by atoms with E-state index < -0.39 is 5.97 Å². The van der Waals surface area contributed by atoms with Crippen molar-refractivity contribution in [3.8, 4) is 23.0 Å². The fourth-order valence-electron chi connectivity index (χ4n) is 2.37. The number of ether oxygens (including phenoxy) is 5. The van der Waals surface area contributed by atoms with Crippen molar-refractivity contribution >= 4 is 5.97 Å². The van der Waals surface area contributed by atoms with Gasteiger partial charge in [0.25, 0.3) is 0 Å². The van der Waals surface area contributed by atoms with Crippen molar-refractivity contribution in [3.05, 3.63) is 48.0 Å². The van der Waals surface area contributed by atoms with Crippen LogP contribution < -0.4 is 14.2 Å². The number of methoxy groups -OCH3 is 2. The molecule has 1 fully saturated rings. The molecule has 1 heterocycles. The molecule has 0 bridgehead atoms. The summed E-state index contributed by atoms with van der Waals surface area (Å²) in [6, 6.07) is 11.5. The van der Waals surface area contributed by atoms with E-state index in [1.165, 1.54) is 25.3 Å². The number of esters is 1. The lowest BCUT2D eigenvalue weighted by Gasteiger charge is -2.07. The average molecular weight is 360 g/mol. The molecule has 1 aliphatic heterocycles. The highest BCUT2D eigenvalue weighted by Crippen LogP contribution is 2.28. The molecule has 0 aliphatic carbocycles. The quantitative estimate of drug-likeness (QED) is 0.571. The molecular formula is C19H20O7. The van der Waals surface area contributed by atoms with Gasteiger partial charge in [-0.1, -0.05) is 0 Å². The molecule has 0 spiro atoms. The Labute approximate surface area is 151 Å². The van der Waals surface area contributed by atoms with Crippen molar-refractivity contribution in [3.63, 3.8) is 0 Å². The second-order valence-electron chi connectivity index (χ2n) is 5.68. The summed E-state index contributed by atoms with van der Waals surface area (Å²) in [4.78, 5) is 12.0. The predicted molar refractivity (Wildman–Crippen MR) is 92.1 cm³/mol. The van der Waals surface area contributed by atoms with Crippen molar-refractivity contribution in [1.29, 1.82) is 0 Å². The van der Waals surface area contributed by atoms with E-state index in [0.29, 0.717) is 17.9 Å². The molecular weight excluding hydrogens is 340 g/mol. The third-order valence-corrected chi connectivity index (χ3v) is 3.96. The van der Waals surface area contributed by atoms with Crippen LogP contribution in [0.3, 0.4) is 0 Å². The highest BCUT2D eigenvalue weighted by Gasteiger charge is 2.40. The number of carbonyl (C=O) groups is 1. The normalized spacial score (nSPS) is 18.1. The first-order valence-electron chi connectivity index (χ1n) is 8.07. The van der Waals surface area contributed by atoms with E-state index >= 15 is 0 Å².